The largest absolute Gasteiger partial charge is 0.294 e. The van der Waals surface area contributed by atoms with E-state index in [1.54, 1.807) is 16.8 Å². The van der Waals surface area contributed by atoms with Crippen molar-refractivity contribution in [3.8, 4) is 0 Å². The molecule has 0 saturated carbocycles. The number of carbonyl (C=O) groups excluding carboxylic acids is 1. The van der Waals surface area contributed by atoms with E-state index in [1.807, 2.05) is 13.8 Å². The Balaban J connectivity index is 2.32. The molecule has 1 heterocycles. The first-order chi connectivity index (χ1) is 9.04. The summed E-state index contributed by atoms with van der Waals surface area (Å²) >= 11 is 3.43. The lowest BCUT2D eigenvalue weighted by atomic mass is 10.1. The number of hydrogen-bond donors (Lipinski definition) is 0. The van der Waals surface area contributed by atoms with Gasteiger partial charge in [0.05, 0.1) is 27.8 Å². The lowest BCUT2D eigenvalue weighted by Crippen LogP contribution is -2.11. The molecule has 0 saturated heterocycles. The second-order valence-electron chi connectivity index (χ2n) is 4.24. The van der Waals surface area contributed by atoms with Gasteiger partial charge in [-0.15, -0.1) is 0 Å². The monoisotopic (exact) mass is 324 g/mol. The summed E-state index contributed by atoms with van der Waals surface area (Å²) in [6.07, 6.45) is 0.135. The number of nitrogens with zero attached hydrogens (tertiary/aromatic N) is 2. The van der Waals surface area contributed by atoms with Crippen molar-refractivity contribution in [2.24, 2.45) is 0 Å². The Morgan fingerprint density at radius 2 is 2.11 bits per heavy atom. The van der Waals surface area contributed by atoms with Crippen LogP contribution in [0.1, 0.15) is 28.7 Å². The molecule has 100 valence electrons. The van der Waals surface area contributed by atoms with Gasteiger partial charge in [-0.05, 0) is 41.9 Å². The minimum absolute atomic E-state index is 0.121. The highest BCUT2D eigenvalue weighted by atomic mass is 79.9. The van der Waals surface area contributed by atoms with Crippen LogP contribution in [0.4, 0.5) is 4.39 Å². The van der Waals surface area contributed by atoms with E-state index in [9.17, 15) is 9.18 Å². The van der Waals surface area contributed by atoms with E-state index in [0.717, 1.165) is 15.9 Å². The molecular formula is C14H14BrFN2O. The summed E-state index contributed by atoms with van der Waals surface area (Å²) in [5.41, 5.74) is 1.74. The molecule has 19 heavy (non-hydrogen) atoms. The first-order valence-corrected chi connectivity index (χ1v) is 6.83. The van der Waals surface area contributed by atoms with Gasteiger partial charge in [-0.25, -0.2) is 4.39 Å². The van der Waals surface area contributed by atoms with Gasteiger partial charge in [0.15, 0.2) is 5.78 Å². The maximum atomic E-state index is 13.6. The van der Waals surface area contributed by atoms with Crippen molar-refractivity contribution in [2.75, 3.05) is 0 Å². The molecule has 2 aromatic rings. The van der Waals surface area contributed by atoms with Crippen molar-refractivity contribution in [2.45, 2.75) is 26.8 Å². The lowest BCUT2D eigenvalue weighted by Gasteiger charge is -2.06. The Kier molecular flexibility index (Phi) is 4.14. The standard InChI is InChI=1S/C14H14BrFN2O/c1-3-18-12(14(15)9(2)17-18)8-13(19)10-6-4-5-7-11(10)16/h4-7H,3,8H2,1-2H3. The smallest absolute Gasteiger partial charge is 0.171 e. The summed E-state index contributed by atoms with van der Waals surface area (Å²) in [6.45, 7) is 4.50. The maximum Gasteiger partial charge on any atom is 0.171 e. The fourth-order valence-electron chi connectivity index (χ4n) is 1.97. The first kappa shape index (κ1) is 13.9. The molecule has 0 radical (unpaired) electrons. The van der Waals surface area contributed by atoms with Crippen molar-refractivity contribution in [1.82, 2.24) is 9.78 Å². The number of hydrogen-bond acceptors (Lipinski definition) is 2. The third-order valence-corrected chi connectivity index (χ3v) is 3.99. The molecule has 0 bridgehead atoms. The predicted octanol–water partition coefficient (Wildman–Crippen LogP) is 3.54. The summed E-state index contributed by atoms with van der Waals surface area (Å²) in [5, 5.41) is 4.32. The molecule has 2 rings (SSSR count). The van der Waals surface area contributed by atoms with Crippen LogP contribution in [0.2, 0.25) is 0 Å². The van der Waals surface area contributed by atoms with Gasteiger partial charge in [-0.2, -0.15) is 5.10 Å². The molecule has 0 fully saturated rings. The molecule has 1 aromatic carbocycles. The Morgan fingerprint density at radius 1 is 1.42 bits per heavy atom. The normalized spacial score (nSPS) is 10.7. The lowest BCUT2D eigenvalue weighted by molar-refractivity contribution is 0.0986. The number of ketones is 1. The van der Waals surface area contributed by atoms with Crippen LogP contribution in [0.5, 0.6) is 0 Å². The molecule has 0 aliphatic carbocycles. The fraction of sp³-hybridized carbons (Fsp3) is 0.286. The van der Waals surface area contributed by atoms with Crippen LogP contribution in [0.15, 0.2) is 28.7 Å². The van der Waals surface area contributed by atoms with Gasteiger partial charge in [0, 0.05) is 6.54 Å². The average molecular weight is 325 g/mol. The number of halogens is 2. The van der Waals surface area contributed by atoms with E-state index >= 15 is 0 Å². The van der Waals surface area contributed by atoms with Crippen molar-refractivity contribution >= 4 is 21.7 Å². The molecule has 0 aliphatic heterocycles. The van der Waals surface area contributed by atoms with Crippen molar-refractivity contribution in [1.29, 1.82) is 0 Å². The van der Waals surface area contributed by atoms with Crippen molar-refractivity contribution < 1.29 is 9.18 Å². The average Bonchev–Trinajstić information content (AvgIpc) is 2.67. The van der Waals surface area contributed by atoms with Crippen molar-refractivity contribution in [3.05, 3.63) is 51.5 Å². The Labute approximate surface area is 119 Å². The highest BCUT2D eigenvalue weighted by Crippen LogP contribution is 2.23. The second-order valence-corrected chi connectivity index (χ2v) is 5.03. The second kappa shape index (κ2) is 5.65. The minimum Gasteiger partial charge on any atom is -0.294 e. The quantitative estimate of drug-likeness (QED) is 0.806. The molecule has 1 aromatic heterocycles. The number of rotatable bonds is 4. The molecule has 0 unspecified atom stereocenters. The summed E-state index contributed by atoms with van der Waals surface area (Å²) in [5.74, 6) is -0.726. The zero-order valence-corrected chi connectivity index (χ0v) is 12.4. The van der Waals surface area contributed by atoms with E-state index in [1.165, 1.54) is 12.1 Å². The van der Waals surface area contributed by atoms with Gasteiger partial charge < -0.3 is 0 Å². The maximum absolute atomic E-state index is 13.6. The first-order valence-electron chi connectivity index (χ1n) is 6.04. The van der Waals surface area contributed by atoms with E-state index in [4.69, 9.17) is 0 Å². The highest BCUT2D eigenvalue weighted by Gasteiger charge is 2.18. The van der Waals surface area contributed by atoms with E-state index < -0.39 is 5.82 Å². The van der Waals surface area contributed by atoms with Gasteiger partial charge in [0.2, 0.25) is 0 Å². The molecule has 0 N–H and O–H groups in total. The molecule has 0 atom stereocenters. The third kappa shape index (κ3) is 2.76. The predicted molar refractivity (Wildman–Crippen MR) is 74.8 cm³/mol. The van der Waals surface area contributed by atoms with E-state index in [2.05, 4.69) is 21.0 Å². The molecular weight excluding hydrogens is 311 g/mol. The highest BCUT2D eigenvalue weighted by molar-refractivity contribution is 9.10. The van der Waals surface area contributed by atoms with E-state index in [-0.39, 0.29) is 17.8 Å². The number of aromatic nitrogens is 2. The summed E-state index contributed by atoms with van der Waals surface area (Å²) in [7, 11) is 0. The van der Waals surface area contributed by atoms with Crippen LogP contribution in [0, 0.1) is 12.7 Å². The van der Waals surface area contributed by atoms with E-state index in [0.29, 0.717) is 6.54 Å². The summed E-state index contributed by atoms with van der Waals surface area (Å²) < 4.78 is 16.2. The molecule has 3 nitrogen and oxygen atoms in total. The zero-order chi connectivity index (χ0) is 14.0. The summed E-state index contributed by atoms with van der Waals surface area (Å²) in [6, 6.07) is 6.03. The van der Waals surface area contributed by atoms with Crippen LogP contribution in [-0.4, -0.2) is 15.6 Å². The fourth-order valence-corrected chi connectivity index (χ4v) is 2.40. The van der Waals surface area contributed by atoms with Gasteiger partial charge in [-0.1, -0.05) is 12.1 Å². The third-order valence-electron chi connectivity index (χ3n) is 2.96. The number of benzene rings is 1. The summed E-state index contributed by atoms with van der Waals surface area (Å²) in [4.78, 5) is 12.2. The topological polar surface area (TPSA) is 34.9 Å². The van der Waals surface area contributed by atoms with Crippen LogP contribution in [0.3, 0.4) is 0 Å². The minimum atomic E-state index is -0.483. The Hall–Kier alpha value is -1.49. The van der Waals surface area contributed by atoms with Gasteiger partial charge >= 0.3 is 0 Å². The van der Waals surface area contributed by atoms with Gasteiger partial charge in [0.1, 0.15) is 5.82 Å². The Morgan fingerprint density at radius 3 is 2.74 bits per heavy atom. The van der Waals surface area contributed by atoms with Crippen LogP contribution in [0.25, 0.3) is 0 Å². The Bertz CT molecular complexity index is 622. The molecule has 5 heteroatoms. The molecule has 0 amide bonds. The van der Waals surface area contributed by atoms with Gasteiger partial charge in [0.25, 0.3) is 0 Å². The number of Topliss-reactive ketones (excluding diaryl/α,β-unsaturated/α-hetero) is 1. The molecule has 0 spiro atoms. The number of carbonyl (C=O) groups is 1. The zero-order valence-electron chi connectivity index (χ0n) is 10.8. The van der Waals surface area contributed by atoms with Crippen molar-refractivity contribution in [3.63, 3.8) is 0 Å². The van der Waals surface area contributed by atoms with Gasteiger partial charge in [-0.3, -0.25) is 9.48 Å². The van der Waals surface area contributed by atoms with Crippen LogP contribution in [-0.2, 0) is 13.0 Å². The molecule has 0 aliphatic rings. The van der Waals surface area contributed by atoms with Crippen LogP contribution >= 0.6 is 15.9 Å². The number of aryl methyl sites for hydroxylation is 2. The SMILES string of the molecule is CCn1nc(C)c(Br)c1CC(=O)c1ccccc1F. The van der Waals surface area contributed by atoms with Crippen LogP contribution < -0.4 is 0 Å².